The van der Waals surface area contributed by atoms with Crippen molar-refractivity contribution in [3.8, 4) is 5.75 Å². The van der Waals surface area contributed by atoms with Crippen LogP contribution in [0.25, 0.3) is 0 Å². The van der Waals surface area contributed by atoms with Gasteiger partial charge in [-0.1, -0.05) is 25.0 Å². The topological polar surface area (TPSA) is 64.3 Å². The molecule has 4 nitrogen and oxygen atoms in total. The molecule has 1 aliphatic carbocycles. The second kappa shape index (κ2) is 9.38. The molecule has 0 saturated heterocycles. The molecule has 1 saturated carbocycles. The fraction of sp³-hybridized carbons (Fsp3) is 0.562. The minimum Gasteiger partial charge on any atom is -0.480 e. The van der Waals surface area contributed by atoms with Crippen molar-refractivity contribution in [3.63, 3.8) is 0 Å². The Balaban J connectivity index is 0.00000242. The van der Waals surface area contributed by atoms with Crippen molar-refractivity contribution >= 4 is 34.2 Å². The molecule has 0 aromatic heterocycles. The number of carbonyl (C=O) groups excluding carboxylic acids is 1. The number of benzene rings is 1. The minimum absolute atomic E-state index is 0. The van der Waals surface area contributed by atoms with Gasteiger partial charge in [0, 0.05) is 6.04 Å². The van der Waals surface area contributed by atoms with Crippen molar-refractivity contribution in [2.24, 2.45) is 11.7 Å². The van der Waals surface area contributed by atoms with Crippen LogP contribution in [0.4, 0.5) is 0 Å². The predicted molar refractivity (Wildman–Crippen MR) is 94.4 cm³/mol. The first-order valence-corrected chi connectivity index (χ1v) is 8.32. The summed E-state index contributed by atoms with van der Waals surface area (Å²) in [6.07, 6.45) is 3.94. The zero-order valence-corrected chi connectivity index (χ0v) is 15.2. The number of hydrogen-bond donors (Lipinski definition) is 2. The molecule has 0 bridgehead atoms. The molecule has 6 heteroatoms. The Hall–Kier alpha value is -0.780. The second-order valence-corrected chi connectivity index (χ2v) is 6.44. The van der Waals surface area contributed by atoms with Gasteiger partial charge in [-0.3, -0.25) is 4.79 Å². The highest BCUT2D eigenvalue weighted by Crippen LogP contribution is 2.26. The smallest absolute Gasteiger partial charge is 0.261 e. The Kier molecular flexibility index (Phi) is 8.21. The van der Waals surface area contributed by atoms with Crippen molar-refractivity contribution in [3.05, 3.63) is 28.7 Å². The number of hydrogen-bond acceptors (Lipinski definition) is 3. The van der Waals surface area contributed by atoms with E-state index in [4.69, 9.17) is 10.5 Å². The number of ether oxygens (including phenoxy) is 1. The quantitative estimate of drug-likeness (QED) is 0.809. The molecule has 3 unspecified atom stereocenters. The summed E-state index contributed by atoms with van der Waals surface area (Å²) in [5.74, 6) is 0.994. The van der Waals surface area contributed by atoms with Gasteiger partial charge in [-0.25, -0.2) is 0 Å². The van der Waals surface area contributed by atoms with Gasteiger partial charge >= 0.3 is 0 Å². The van der Waals surface area contributed by atoms with Crippen LogP contribution >= 0.6 is 28.3 Å². The standard InChI is InChI=1S/C16H23BrN2O2.ClH/c1-11(21-15-9-5-3-7-13(15)17)16(20)19-14-8-4-2-6-12(14)10-18;/h3,5,7,9,11-12,14H,2,4,6,8,10,18H2,1H3,(H,19,20);1H. The first kappa shape index (κ1) is 19.3. The van der Waals surface area contributed by atoms with Crippen LogP contribution in [0, 0.1) is 5.92 Å². The molecule has 1 aromatic carbocycles. The number of rotatable bonds is 5. The van der Waals surface area contributed by atoms with Gasteiger partial charge in [0.15, 0.2) is 6.10 Å². The lowest BCUT2D eigenvalue weighted by atomic mass is 9.84. The van der Waals surface area contributed by atoms with Crippen LogP contribution in [0.3, 0.4) is 0 Å². The van der Waals surface area contributed by atoms with E-state index in [0.29, 0.717) is 18.2 Å². The third-order valence-corrected chi connectivity index (χ3v) is 4.70. The highest BCUT2D eigenvalue weighted by Gasteiger charge is 2.27. The molecule has 0 spiro atoms. The van der Waals surface area contributed by atoms with Gasteiger partial charge < -0.3 is 15.8 Å². The Morgan fingerprint density at radius 2 is 2.09 bits per heavy atom. The van der Waals surface area contributed by atoms with E-state index in [2.05, 4.69) is 21.2 Å². The zero-order valence-electron chi connectivity index (χ0n) is 12.8. The van der Waals surface area contributed by atoms with Gasteiger partial charge in [0.1, 0.15) is 5.75 Å². The number of nitrogens with one attached hydrogen (secondary N) is 1. The normalized spacial score (nSPS) is 22.3. The molecule has 22 heavy (non-hydrogen) atoms. The molecule has 0 aliphatic heterocycles. The van der Waals surface area contributed by atoms with E-state index in [9.17, 15) is 4.79 Å². The largest absolute Gasteiger partial charge is 0.480 e. The number of halogens is 2. The van der Waals surface area contributed by atoms with Gasteiger partial charge in [-0.2, -0.15) is 0 Å². The molecule has 3 atom stereocenters. The van der Waals surface area contributed by atoms with Gasteiger partial charge in [0.2, 0.25) is 0 Å². The van der Waals surface area contributed by atoms with Crippen molar-refractivity contribution in [1.82, 2.24) is 5.32 Å². The van der Waals surface area contributed by atoms with Crippen molar-refractivity contribution < 1.29 is 9.53 Å². The fourth-order valence-corrected chi connectivity index (χ4v) is 3.14. The van der Waals surface area contributed by atoms with Gasteiger partial charge in [-0.05, 0) is 60.3 Å². The maximum absolute atomic E-state index is 12.3. The third kappa shape index (κ3) is 5.14. The Morgan fingerprint density at radius 3 is 2.77 bits per heavy atom. The molecule has 2 rings (SSSR count). The van der Waals surface area contributed by atoms with Crippen LogP contribution in [0.15, 0.2) is 28.7 Å². The summed E-state index contributed by atoms with van der Waals surface area (Å²) in [4.78, 5) is 12.3. The van der Waals surface area contributed by atoms with Crippen LogP contribution < -0.4 is 15.8 Å². The summed E-state index contributed by atoms with van der Waals surface area (Å²) < 4.78 is 6.58. The van der Waals surface area contributed by atoms with E-state index >= 15 is 0 Å². The summed E-state index contributed by atoms with van der Waals surface area (Å²) in [7, 11) is 0. The molecule has 1 aromatic rings. The average Bonchev–Trinajstić information content (AvgIpc) is 2.50. The molecular weight excluding hydrogens is 368 g/mol. The second-order valence-electron chi connectivity index (χ2n) is 5.59. The van der Waals surface area contributed by atoms with E-state index in [1.165, 1.54) is 6.42 Å². The van der Waals surface area contributed by atoms with Gasteiger partial charge in [-0.15, -0.1) is 12.4 Å². The maximum Gasteiger partial charge on any atom is 0.261 e. The summed E-state index contributed by atoms with van der Waals surface area (Å²) >= 11 is 3.42. The van der Waals surface area contributed by atoms with Gasteiger partial charge in [0.25, 0.3) is 5.91 Å². The van der Waals surface area contributed by atoms with Gasteiger partial charge in [0.05, 0.1) is 4.47 Å². The monoisotopic (exact) mass is 390 g/mol. The Bertz CT molecular complexity index is 487. The number of amides is 1. The van der Waals surface area contributed by atoms with Crippen LogP contribution in [-0.4, -0.2) is 24.6 Å². The van der Waals surface area contributed by atoms with E-state index in [0.717, 1.165) is 23.7 Å². The van der Waals surface area contributed by atoms with E-state index in [1.807, 2.05) is 24.3 Å². The zero-order chi connectivity index (χ0) is 15.2. The average molecular weight is 392 g/mol. The van der Waals surface area contributed by atoms with Crippen molar-refractivity contribution in [1.29, 1.82) is 0 Å². The highest BCUT2D eigenvalue weighted by atomic mass is 79.9. The van der Waals surface area contributed by atoms with Crippen molar-refractivity contribution in [2.45, 2.75) is 44.8 Å². The molecular formula is C16H24BrClN2O2. The molecule has 1 amide bonds. The van der Waals surface area contributed by atoms with E-state index in [1.54, 1.807) is 6.92 Å². The Labute approximate surface area is 146 Å². The van der Waals surface area contributed by atoms with Crippen LogP contribution in [-0.2, 0) is 4.79 Å². The lowest BCUT2D eigenvalue weighted by molar-refractivity contribution is -0.128. The first-order valence-electron chi connectivity index (χ1n) is 7.53. The molecule has 124 valence electrons. The lowest BCUT2D eigenvalue weighted by Gasteiger charge is -2.32. The molecule has 1 fully saturated rings. The minimum atomic E-state index is -0.524. The summed E-state index contributed by atoms with van der Waals surface area (Å²) in [5.41, 5.74) is 5.80. The summed E-state index contributed by atoms with van der Waals surface area (Å²) in [6, 6.07) is 7.72. The molecule has 1 aliphatic rings. The van der Waals surface area contributed by atoms with Crippen LogP contribution in [0.1, 0.15) is 32.6 Å². The van der Waals surface area contributed by atoms with E-state index in [-0.39, 0.29) is 24.4 Å². The lowest BCUT2D eigenvalue weighted by Crippen LogP contribution is -2.48. The van der Waals surface area contributed by atoms with Crippen molar-refractivity contribution in [2.75, 3.05) is 6.54 Å². The van der Waals surface area contributed by atoms with Crippen LogP contribution in [0.5, 0.6) is 5.75 Å². The third-order valence-electron chi connectivity index (χ3n) is 4.05. The SMILES string of the molecule is CC(Oc1ccccc1Br)C(=O)NC1CCCCC1CN.Cl. The number of nitrogens with two attached hydrogens (primary N) is 1. The molecule has 0 radical (unpaired) electrons. The summed E-state index contributed by atoms with van der Waals surface area (Å²) in [6.45, 7) is 2.40. The highest BCUT2D eigenvalue weighted by molar-refractivity contribution is 9.10. The number of para-hydroxylation sites is 1. The van der Waals surface area contributed by atoms with Crippen LogP contribution in [0.2, 0.25) is 0 Å². The Morgan fingerprint density at radius 1 is 1.41 bits per heavy atom. The number of carbonyl (C=O) groups is 1. The first-order chi connectivity index (χ1) is 10.1. The summed E-state index contributed by atoms with van der Waals surface area (Å²) in [5, 5.41) is 3.10. The van der Waals surface area contributed by atoms with E-state index < -0.39 is 6.10 Å². The fourth-order valence-electron chi connectivity index (χ4n) is 2.76. The molecule has 3 N–H and O–H groups in total. The maximum atomic E-state index is 12.3. The molecule has 0 heterocycles. The predicted octanol–water partition coefficient (Wildman–Crippen LogP) is 3.27.